The van der Waals surface area contributed by atoms with E-state index in [2.05, 4.69) is 20.8 Å². The van der Waals surface area contributed by atoms with Crippen LogP contribution >= 0.6 is 11.8 Å². The molecule has 0 amide bonds. The standard InChI is InChI=1S/C8H19NS/c1-4-5-8(9)6-10-7(2)3/h7-8H,4-6,9H2,1-3H3/t8-/m0/s1. The third-order valence-corrected chi connectivity index (χ3v) is 2.59. The summed E-state index contributed by atoms with van der Waals surface area (Å²) in [5.41, 5.74) is 5.81. The summed E-state index contributed by atoms with van der Waals surface area (Å²) < 4.78 is 0. The van der Waals surface area contributed by atoms with Crippen molar-refractivity contribution in [2.45, 2.75) is 44.9 Å². The summed E-state index contributed by atoms with van der Waals surface area (Å²) >= 11 is 1.95. The Labute approximate surface area is 68.8 Å². The van der Waals surface area contributed by atoms with Gasteiger partial charge in [-0.15, -0.1) is 0 Å². The smallest absolute Gasteiger partial charge is 0.0130 e. The second-order valence-corrected chi connectivity index (χ2v) is 4.54. The lowest BCUT2D eigenvalue weighted by atomic mass is 10.2. The normalized spacial score (nSPS) is 14.1. The average molecular weight is 161 g/mol. The van der Waals surface area contributed by atoms with Crippen LogP contribution in [0.3, 0.4) is 0 Å². The minimum atomic E-state index is 0.414. The van der Waals surface area contributed by atoms with E-state index in [1.165, 1.54) is 12.8 Å². The first-order chi connectivity index (χ1) is 4.66. The molecule has 0 aliphatic heterocycles. The molecule has 0 saturated carbocycles. The molecule has 0 fully saturated rings. The molecule has 0 aromatic carbocycles. The Hall–Kier alpha value is 0.310. The van der Waals surface area contributed by atoms with E-state index in [9.17, 15) is 0 Å². The van der Waals surface area contributed by atoms with Crippen molar-refractivity contribution in [1.29, 1.82) is 0 Å². The van der Waals surface area contributed by atoms with Crippen molar-refractivity contribution in [3.05, 3.63) is 0 Å². The Bertz CT molecular complexity index is 73.7. The molecule has 2 N–H and O–H groups in total. The van der Waals surface area contributed by atoms with Crippen LogP contribution in [0.15, 0.2) is 0 Å². The highest BCUT2D eigenvalue weighted by molar-refractivity contribution is 7.99. The molecule has 0 unspecified atom stereocenters. The molecule has 10 heavy (non-hydrogen) atoms. The largest absolute Gasteiger partial charge is 0.327 e. The summed E-state index contributed by atoms with van der Waals surface area (Å²) in [5, 5.41) is 0.725. The van der Waals surface area contributed by atoms with Gasteiger partial charge in [0.05, 0.1) is 0 Å². The van der Waals surface area contributed by atoms with Crippen LogP contribution in [0.4, 0.5) is 0 Å². The highest BCUT2D eigenvalue weighted by Gasteiger charge is 2.01. The maximum atomic E-state index is 5.81. The molecule has 0 aromatic rings. The molecule has 0 saturated heterocycles. The summed E-state index contributed by atoms with van der Waals surface area (Å²) in [7, 11) is 0. The van der Waals surface area contributed by atoms with Crippen molar-refractivity contribution < 1.29 is 0 Å². The molecule has 0 rings (SSSR count). The first-order valence-corrected chi connectivity index (χ1v) is 5.08. The maximum absolute atomic E-state index is 5.81. The van der Waals surface area contributed by atoms with Crippen LogP contribution in [0.2, 0.25) is 0 Å². The first-order valence-electron chi connectivity index (χ1n) is 4.04. The molecule has 0 spiro atoms. The van der Waals surface area contributed by atoms with E-state index >= 15 is 0 Å². The van der Waals surface area contributed by atoms with Crippen molar-refractivity contribution in [1.82, 2.24) is 0 Å². The molecule has 62 valence electrons. The van der Waals surface area contributed by atoms with Crippen LogP contribution in [0.5, 0.6) is 0 Å². The Kier molecular flexibility index (Phi) is 6.24. The van der Waals surface area contributed by atoms with Crippen molar-refractivity contribution in [3.8, 4) is 0 Å². The van der Waals surface area contributed by atoms with Crippen molar-refractivity contribution in [2.24, 2.45) is 5.73 Å². The predicted molar refractivity (Wildman–Crippen MR) is 50.5 cm³/mol. The third-order valence-electron chi connectivity index (χ3n) is 1.30. The second kappa shape index (κ2) is 6.05. The fourth-order valence-electron chi connectivity index (χ4n) is 0.770. The van der Waals surface area contributed by atoms with E-state index in [1.807, 2.05) is 11.8 Å². The van der Waals surface area contributed by atoms with Gasteiger partial charge in [0.25, 0.3) is 0 Å². The highest BCUT2D eigenvalue weighted by atomic mass is 32.2. The van der Waals surface area contributed by atoms with Crippen LogP contribution in [0.25, 0.3) is 0 Å². The molecule has 0 radical (unpaired) electrons. The van der Waals surface area contributed by atoms with Gasteiger partial charge in [0.15, 0.2) is 0 Å². The van der Waals surface area contributed by atoms with E-state index < -0.39 is 0 Å². The van der Waals surface area contributed by atoms with Gasteiger partial charge >= 0.3 is 0 Å². The minimum Gasteiger partial charge on any atom is -0.327 e. The molecule has 0 bridgehead atoms. The van der Waals surface area contributed by atoms with E-state index in [0.29, 0.717) is 6.04 Å². The van der Waals surface area contributed by atoms with Crippen molar-refractivity contribution in [2.75, 3.05) is 5.75 Å². The van der Waals surface area contributed by atoms with Crippen LogP contribution in [-0.4, -0.2) is 17.0 Å². The Balaban J connectivity index is 3.12. The molecule has 0 aliphatic carbocycles. The summed E-state index contributed by atoms with van der Waals surface area (Å²) in [4.78, 5) is 0. The van der Waals surface area contributed by atoms with Gasteiger partial charge in [0, 0.05) is 11.8 Å². The average Bonchev–Trinajstić information content (AvgIpc) is 1.85. The zero-order valence-corrected chi connectivity index (χ0v) is 8.08. The molecular formula is C8H19NS. The monoisotopic (exact) mass is 161 g/mol. The predicted octanol–water partition coefficient (Wildman–Crippen LogP) is 2.26. The highest BCUT2D eigenvalue weighted by Crippen LogP contribution is 2.11. The number of rotatable bonds is 5. The Morgan fingerprint density at radius 1 is 1.40 bits per heavy atom. The topological polar surface area (TPSA) is 26.0 Å². The lowest BCUT2D eigenvalue weighted by Gasteiger charge is -2.10. The summed E-state index contributed by atoms with van der Waals surface area (Å²) in [6, 6.07) is 0.414. The van der Waals surface area contributed by atoms with Gasteiger partial charge in [0.1, 0.15) is 0 Å². The molecule has 0 aromatic heterocycles. The second-order valence-electron chi connectivity index (χ2n) is 2.93. The minimum absolute atomic E-state index is 0.414. The maximum Gasteiger partial charge on any atom is 0.0130 e. The van der Waals surface area contributed by atoms with Gasteiger partial charge in [-0.25, -0.2) is 0 Å². The quantitative estimate of drug-likeness (QED) is 0.669. The van der Waals surface area contributed by atoms with Crippen LogP contribution < -0.4 is 5.73 Å². The van der Waals surface area contributed by atoms with Gasteiger partial charge < -0.3 is 5.73 Å². The summed E-state index contributed by atoms with van der Waals surface area (Å²) in [5.74, 6) is 1.12. The van der Waals surface area contributed by atoms with Crippen molar-refractivity contribution >= 4 is 11.8 Å². The fraction of sp³-hybridized carbons (Fsp3) is 1.00. The number of hydrogen-bond donors (Lipinski definition) is 1. The number of thioether (sulfide) groups is 1. The Morgan fingerprint density at radius 2 is 2.00 bits per heavy atom. The van der Waals surface area contributed by atoms with E-state index in [0.717, 1.165) is 11.0 Å². The van der Waals surface area contributed by atoms with E-state index in [4.69, 9.17) is 5.73 Å². The first kappa shape index (κ1) is 10.3. The Morgan fingerprint density at radius 3 is 2.40 bits per heavy atom. The number of nitrogens with two attached hydrogens (primary N) is 1. The molecular weight excluding hydrogens is 142 g/mol. The molecule has 2 heteroatoms. The lowest BCUT2D eigenvalue weighted by Crippen LogP contribution is -2.23. The lowest BCUT2D eigenvalue weighted by molar-refractivity contribution is 0.660. The fourth-order valence-corrected chi connectivity index (χ4v) is 1.57. The van der Waals surface area contributed by atoms with E-state index in [-0.39, 0.29) is 0 Å². The van der Waals surface area contributed by atoms with Crippen LogP contribution in [-0.2, 0) is 0 Å². The van der Waals surface area contributed by atoms with Gasteiger partial charge in [0.2, 0.25) is 0 Å². The van der Waals surface area contributed by atoms with Crippen molar-refractivity contribution in [3.63, 3.8) is 0 Å². The summed E-state index contributed by atoms with van der Waals surface area (Å²) in [6.45, 7) is 6.60. The zero-order chi connectivity index (χ0) is 7.98. The van der Waals surface area contributed by atoms with Crippen LogP contribution in [0, 0.1) is 0 Å². The van der Waals surface area contributed by atoms with Gasteiger partial charge in [-0.3, -0.25) is 0 Å². The number of hydrogen-bond acceptors (Lipinski definition) is 2. The molecule has 1 nitrogen and oxygen atoms in total. The zero-order valence-electron chi connectivity index (χ0n) is 7.26. The summed E-state index contributed by atoms with van der Waals surface area (Å²) in [6.07, 6.45) is 2.37. The van der Waals surface area contributed by atoms with Gasteiger partial charge in [-0.2, -0.15) is 11.8 Å². The van der Waals surface area contributed by atoms with E-state index in [1.54, 1.807) is 0 Å². The van der Waals surface area contributed by atoms with Gasteiger partial charge in [-0.1, -0.05) is 27.2 Å². The van der Waals surface area contributed by atoms with Gasteiger partial charge in [-0.05, 0) is 11.7 Å². The molecule has 0 heterocycles. The van der Waals surface area contributed by atoms with Crippen LogP contribution in [0.1, 0.15) is 33.6 Å². The molecule has 0 aliphatic rings. The third kappa shape index (κ3) is 6.43. The molecule has 1 atom stereocenters. The SMILES string of the molecule is CCC[C@H](N)CSC(C)C.